The molecule has 1 aliphatic heterocycles. The van der Waals surface area contributed by atoms with Crippen LogP contribution in [-0.4, -0.2) is 41.0 Å². The summed E-state index contributed by atoms with van der Waals surface area (Å²) in [6, 6.07) is 14.6. The largest absolute Gasteiger partial charge is 0.353 e. The van der Waals surface area contributed by atoms with E-state index in [-0.39, 0.29) is 0 Å². The SMILES string of the molecule is Cc1cccc(CN2CCN(c3ncnc4cccc(Cl)c34)CC2)c1. The number of hydrogen-bond acceptors (Lipinski definition) is 4. The number of anilines is 1. The lowest BCUT2D eigenvalue weighted by atomic mass is 10.1. The molecule has 0 bridgehead atoms. The highest BCUT2D eigenvalue weighted by atomic mass is 35.5. The van der Waals surface area contributed by atoms with Gasteiger partial charge in [-0.25, -0.2) is 9.97 Å². The third-order valence-electron chi connectivity index (χ3n) is 4.75. The standard InChI is InChI=1S/C20H21ClN4/c1-15-4-2-5-16(12-15)13-24-8-10-25(11-9-24)20-19-17(21)6-3-7-18(19)22-14-23-20/h2-7,12,14H,8-11,13H2,1H3. The van der Waals surface area contributed by atoms with Crippen molar-refractivity contribution in [2.45, 2.75) is 13.5 Å². The third-order valence-corrected chi connectivity index (χ3v) is 5.07. The molecule has 3 aromatic rings. The summed E-state index contributed by atoms with van der Waals surface area (Å²) >= 11 is 6.42. The van der Waals surface area contributed by atoms with Crippen molar-refractivity contribution in [3.05, 3.63) is 64.9 Å². The van der Waals surface area contributed by atoms with Crippen LogP contribution in [0.4, 0.5) is 5.82 Å². The van der Waals surface area contributed by atoms with Crippen molar-refractivity contribution < 1.29 is 0 Å². The second kappa shape index (κ2) is 6.98. The number of halogens is 1. The molecule has 0 N–H and O–H groups in total. The Balaban J connectivity index is 1.49. The zero-order valence-corrected chi connectivity index (χ0v) is 15.1. The van der Waals surface area contributed by atoms with E-state index in [1.54, 1.807) is 6.33 Å². The van der Waals surface area contributed by atoms with Gasteiger partial charge in [-0.2, -0.15) is 0 Å². The van der Waals surface area contributed by atoms with Crippen LogP contribution in [0.1, 0.15) is 11.1 Å². The summed E-state index contributed by atoms with van der Waals surface area (Å²) in [6.07, 6.45) is 1.63. The highest BCUT2D eigenvalue weighted by Crippen LogP contribution is 2.30. The van der Waals surface area contributed by atoms with Gasteiger partial charge in [0.05, 0.1) is 15.9 Å². The van der Waals surface area contributed by atoms with Crippen LogP contribution in [0.5, 0.6) is 0 Å². The molecule has 1 aliphatic rings. The molecule has 2 aromatic carbocycles. The van der Waals surface area contributed by atoms with Crippen LogP contribution in [0.15, 0.2) is 48.8 Å². The summed E-state index contributed by atoms with van der Waals surface area (Å²) in [4.78, 5) is 13.7. The molecule has 0 radical (unpaired) electrons. The highest BCUT2D eigenvalue weighted by molar-refractivity contribution is 6.36. The van der Waals surface area contributed by atoms with Crippen molar-refractivity contribution in [2.24, 2.45) is 0 Å². The fourth-order valence-corrected chi connectivity index (χ4v) is 3.73. The van der Waals surface area contributed by atoms with Gasteiger partial charge in [-0.3, -0.25) is 4.90 Å². The normalized spacial score (nSPS) is 15.7. The van der Waals surface area contributed by atoms with E-state index in [2.05, 4.69) is 51.0 Å². The number of fused-ring (bicyclic) bond motifs is 1. The lowest BCUT2D eigenvalue weighted by molar-refractivity contribution is 0.249. The van der Waals surface area contributed by atoms with Crippen LogP contribution in [0.3, 0.4) is 0 Å². The smallest absolute Gasteiger partial charge is 0.141 e. The quantitative estimate of drug-likeness (QED) is 0.715. The van der Waals surface area contributed by atoms with Crippen LogP contribution >= 0.6 is 11.6 Å². The van der Waals surface area contributed by atoms with Crippen molar-refractivity contribution in [2.75, 3.05) is 31.1 Å². The molecule has 5 heteroatoms. The van der Waals surface area contributed by atoms with E-state index in [0.29, 0.717) is 0 Å². The second-order valence-electron chi connectivity index (χ2n) is 6.58. The zero-order chi connectivity index (χ0) is 17.2. The topological polar surface area (TPSA) is 32.3 Å². The lowest BCUT2D eigenvalue weighted by Gasteiger charge is -2.35. The summed E-state index contributed by atoms with van der Waals surface area (Å²) in [5.41, 5.74) is 3.60. The van der Waals surface area contributed by atoms with Gasteiger partial charge < -0.3 is 4.90 Å². The minimum atomic E-state index is 0.718. The molecule has 4 rings (SSSR count). The Kier molecular flexibility index (Phi) is 4.55. The van der Waals surface area contributed by atoms with E-state index in [1.165, 1.54) is 11.1 Å². The van der Waals surface area contributed by atoms with Crippen LogP contribution in [0.2, 0.25) is 5.02 Å². The number of aromatic nitrogens is 2. The summed E-state index contributed by atoms with van der Waals surface area (Å²) in [6.45, 7) is 7.08. The van der Waals surface area contributed by atoms with Gasteiger partial charge in [0.2, 0.25) is 0 Å². The number of hydrogen-bond donors (Lipinski definition) is 0. The molecular weight excluding hydrogens is 332 g/mol. The number of aryl methyl sites for hydroxylation is 1. The third kappa shape index (κ3) is 3.46. The average molecular weight is 353 g/mol. The van der Waals surface area contributed by atoms with Gasteiger partial charge in [0.1, 0.15) is 12.1 Å². The van der Waals surface area contributed by atoms with E-state index in [9.17, 15) is 0 Å². The molecule has 4 nitrogen and oxygen atoms in total. The van der Waals surface area contributed by atoms with Gasteiger partial charge in [0.25, 0.3) is 0 Å². The van der Waals surface area contributed by atoms with Gasteiger partial charge in [0, 0.05) is 32.7 Å². The van der Waals surface area contributed by atoms with Gasteiger partial charge in [-0.05, 0) is 24.6 Å². The van der Waals surface area contributed by atoms with Gasteiger partial charge in [0.15, 0.2) is 0 Å². The van der Waals surface area contributed by atoms with Crippen LogP contribution < -0.4 is 4.90 Å². The maximum atomic E-state index is 6.42. The fourth-order valence-electron chi connectivity index (χ4n) is 3.48. The molecule has 0 amide bonds. The first kappa shape index (κ1) is 16.3. The van der Waals surface area contributed by atoms with E-state index >= 15 is 0 Å². The molecule has 2 heterocycles. The van der Waals surface area contributed by atoms with Crippen LogP contribution in [0.25, 0.3) is 10.9 Å². The predicted molar refractivity (Wildman–Crippen MR) is 103 cm³/mol. The predicted octanol–water partition coefficient (Wildman–Crippen LogP) is 3.91. The minimum Gasteiger partial charge on any atom is -0.353 e. The first-order valence-corrected chi connectivity index (χ1v) is 9.00. The van der Waals surface area contributed by atoms with Crippen molar-refractivity contribution in [1.82, 2.24) is 14.9 Å². The van der Waals surface area contributed by atoms with Crippen molar-refractivity contribution in [1.29, 1.82) is 0 Å². The van der Waals surface area contributed by atoms with Crippen LogP contribution in [0, 0.1) is 6.92 Å². The number of nitrogens with zero attached hydrogens (tertiary/aromatic N) is 4. The van der Waals surface area contributed by atoms with Crippen molar-refractivity contribution in [3.63, 3.8) is 0 Å². The Hall–Kier alpha value is -2.17. The molecule has 0 atom stereocenters. The Bertz CT molecular complexity index is 883. The van der Waals surface area contributed by atoms with Crippen molar-refractivity contribution in [3.8, 4) is 0 Å². The maximum Gasteiger partial charge on any atom is 0.141 e. The molecule has 0 unspecified atom stereocenters. The Morgan fingerprint density at radius 2 is 1.80 bits per heavy atom. The van der Waals surface area contributed by atoms with E-state index < -0.39 is 0 Å². The Labute approximate surface area is 153 Å². The number of benzene rings is 2. The average Bonchev–Trinajstić information content (AvgIpc) is 2.62. The molecule has 25 heavy (non-hydrogen) atoms. The van der Waals surface area contributed by atoms with Crippen molar-refractivity contribution >= 4 is 28.3 Å². The van der Waals surface area contributed by atoms with E-state index in [4.69, 9.17) is 11.6 Å². The number of rotatable bonds is 3. The summed E-state index contributed by atoms with van der Waals surface area (Å²) < 4.78 is 0. The van der Waals surface area contributed by atoms with Crippen LogP contribution in [-0.2, 0) is 6.54 Å². The summed E-state index contributed by atoms with van der Waals surface area (Å²) in [5, 5.41) is 1.68. The molecular formula is C20H21ClN4. The molecule has 1 fully saturated rings. The Morgan fingerprint density at radius 1 is 1.00 bits per heavy atom. The monoisotopic (exact) mass is 352 g/mol. The molecule has 0 spiro atoms. The van der Waals surface area contributed by atoms with E-state index in [0.717, 1.165) is 54.5 Å². The highest BCUT2D eigenvalue weighted by Gasteiger charge is 2.21. The van der Waals surface area contributed by atoms with E-state index in [1.807, 2.05) is 18.2 Å². The molecule has 128 valence electrons. The molecule has 0 aliphatic carbocycles. The number of piperazine rings is 1. The molecule has 1 saturated heterocycles. The first-order chi connectivity index (χ1) is 12.2. The first-order valence-electron chi connectivity index (χ1n) is 8.63. The fraction of sp³-hybridized carbons (Fsp3) is 0.300. The summed E-state index contributed by atoms with van der Waals surface area (Å²) in [5.74, 6) is 0.950. The second-order valence-corrected chi connectivity index (χ2v) is 6.99. The Morgan fingerprint density at radius 3 is 2.60 bits per heavy atom. The van der Waals surface area contributed by atoms with Gasteiger partial charge in [-0.1, -0.05) is 47.5 Å². The minimum absolute atomic E-state index is 0.718. The summed E-state index contributed by atoms with van der Waals surface area (Å²) in [7, 11) is 0. The van der Waals surface area contributed by atoms with Gasteiger partial charge in [-0.15, -0.1) is 0 Å². The van der Waals surface area contributed by atoms with Gasteiger partial charge >= 0.3 is 0 Å². The lowest BCUT2D eigenvalue weighted by Crippen LogP contribution is -2.46. The zero-order valence-electron chi connectivity index (χ0n) is 14.3. The maximum absolute atomic E-state index is 6.42. The molecule has 1 aromatic heterocycles. The molecule has 0 saturated carbocycles.